The summed E-state index contributed by atoms with van der Waals surface area (Å²) in [6, 6.07) is 0. The van der Waals surface area contributed by atoms with Crippen LogP contribution in [0.2, 0.25) is 0 Å². The summed E-state index contributed by atoms with van der Waals surface area (Å²) >= 11 is 0. The first-order valence-electron chi connectivity index (χ1n) is 9.27. The number of carbonyl (C=O) groups is 2. The molecule has 132 valence electrons. The Balaban J connectivity index is 2.03. The summed E-state index contributed by atoms with van der Waals surface area (Å²) in [6.45, 7) is 5.79. The van der Waals surface area contributed by atoms with Gasteiger partial charge in [0, 0.05) is 13.1 Å². The summed E-state index contributed by atoms with van der Waals surface area (Å²) in [5, 5.41) is 9.51. The highest BCUT2D eigenvalue weighted by atomic mass is 16.5. The molecule has 0 unspecified atom stereocenters. The zero-order valence-corrected chi connectivity index (χ0v) is 14.5. The minimum absolute atomic E-state index is 0.0109. The Bertz CT molecular complexity index is 402. The van der Waals surface area contributed by atoms with Crippen molar-refractivity contribution in [2.24, 2.45) is 11.8 Å². The maximum atomic E-state index is 13.0. The van der Waals surface area contributed by atoms with Crippen molar-refractivity contribution >= 4 is 11.9 Å². The third-order valence-electron chi connectivity index (χ3n) is 5.22. The van der Waals surface area contributed by atoms with Crippen molar-refractivity contribution in [2.75, 3.05) is 13.1 Å². The number of rotatable bonds is 10. The van der Waals surface area contributed by atoms with Crippen LogP contribution in [-0.4, -0.2) is 47.2 Å². The number of carbonyl (C=O) groups excluding carboxylic acids is 1. The minimum Gasteiger partial charge on any atom is -0.481 e. The normalized spacial score (nSPS) is 29.0. The number of nitrogens with zero attached hydrogens (tertiary/aromatic N) is 1. The van der Waals surface area contributed by atoms with Crippen LogP contribution in [0.4, 0.5) is 0 Å². The third-order valence-corrected chi connectivity index (χ3v) is 5.22. The molecule has 1 amide bonds. The molecule has 0 aromatic carbocycles. The van der Waals surface area contributed by atoms with Gasteiger partial charge in [-0.25, -0.2) is 0 Å². The van der Waals surface area contributed by atoms with Gasteiger partial charge in [0.2, 0.25) is 5.91 Å². The Morgan fingerprint density at radius 3 is 1.96 bits per heavy atom. The second-order valence-electron chi connectivity index (χ2n) is 6.92. The standard InChI is InChI=1S/C18H31NO4/c1-3-5-7-11-19(12-8-6-4-2)17(20)15-13-9-10-14(23-13)16(15)18(21)22/h13-16H,3-12H2,1-2H3,(H,21,22)/t13-,14-,15-,16-/m0/s1. The van der Waals surface area contributed by atoms with Gasteiger partial charge in [-0.1, -0.05) is 39.5 Å². The molecule has 4 atom stereocenters. The molecule has 2 saturated heterocycles. The fourth-order valence-electron chi connectivity index (χ4n) is 3.95. The van der Waals surface area contributed by atoms with Gasteiger partial charge in [0.25, 0.3) is 0 Å². The molecule has 2 aliphatic rings. The van der Waals surface area contributed by atoms with E-state index in [1.54, 1.807) is 0 Å². The Hall–Kier alpha value is -1.10. The molecule has 1 N–H and O–H groups in total. The predicted octanol–water partition coefficient (Wildman–Crippen LogP) is 3.07. The van der Waals surface area contributed by atoms with Crippen LogP contribution in [0, 0.1) is 11.8 Å². The lowest BCUT2D eigenvalue weighted by molar-refractivity contribution is -0.151. The van der Waals surface area contributed by atoms with Gasteiger partial charge in [0.1, 0.15) is 0 Å². The van der Waals surface area contributed by atoms with Crippen molar-refractivity contribution in [2.45, 2.75) is 77.4 Å². The van der Waals surface area contributed by atoms with Crippen LogP contribution in [0.5, 0.6) is 0 Å². The molecule has 0 aliphatic carbocycles. The summed E-state index contributed by atoms with van der Waals surface area (Å²) in [6.07, 6.45) is 7.58. The Morgan fingerprint density at radius 1 is 0.957 bits per heavy atom. The second kappa shape index (κ2) is 8.67. The van der Waals surface area contributed by atoms with E-state index in [-0.39, 0.29) is 18.1 Å². The predicted molar refractivity (Wildman–Crippen MR) is 88.1 cm³/mol. The number of carboxylic acids is 1. The topological polar surface area (TPSA) is 66.8 Å². The quantitative estimate of drug-likeness (QED) is 0.627. The highest BCUT2D eigenvalue weighted by molar-refractivity contribution is 5.86. The first kappa shape index (κ1) is 18.2. The van der Waals surface area contributed by atoms with Crippen molar-refractivity contribution in [3.63, 3.8) is 0 Å². The van der Waals surface area contributed by atoms with Crippen molar-refractivity contribution in [3.8, 4) is 0 Å². The smallest absolute Gasteiger partial charge is 0.310 e. The lowest BCUT2D eigenvalue weighted by Crippen LogP contribution is -2.46. The van der Waals surface area contributed by atoms with E-state index >= 15 is 0 Å². The fourth-order valence-corrected chi connectivity index (χ4v) is 3.95. The molecular weight excluding hydrogens is 294 g/mol. The Morgan fingerprint density at radius 2 is 1.48 bits per heavy atom. The van der Waals surface area contributed by atoms with Gasteiger partial charge in [0.05, 0.1) is 24.0 Å². The van der Waals surface area contributed by atoms with Crippen LogP contribution < -0.4 is 0 Å². The van der Waals surface area contributed by atoms with Gasteiger partial charge >= 0.3 is 5.97 Å². The van der Waals surface area contributed by atoms with Crippen molar-refractivity contribution in [3.05, 3.63) is 0 Å². The number of carboxylic acid groups (broad SMARTS) is 1. The highest BCUT2D eigenvalue weighted by Gasteiger charge is 2.56. The van der Waals surface area contributed by atoms with E-state index in [0.717, 1.165) is 64.5 Å². The molecule has 0 aromatic heterocycles. The lowest BCUT2D eigenvalue weighted by atomic mass is 9.78. The van der Waals surface area contributed by atoms with E-state index in [4.69, 9.17) is 4.74 Å². The first-order valence-corrected chi connectivity index (χ1v) is 9.27. The van der Waals surface area contributed by atoms with Crippen LogP contribution in [0.15, 0.2) is 0 Å². The van der Waals surface area contributed by atoms with Gasteiger partial charge < -0.3 is 14.7 Å². The van der Waals surface area contributed by atoms with E-state index in [9.17, 15) is 14.7 Å². The van der Waals surface area contributed by atoms with Crippen LogP contribution in [0.3, 0.4) is 0 Å². The number of unbranched alkanes of at least 4 members (excludes halogenated alkanes) is 4. The second-order valence-corrected chi connectivity index (χ2v) is 6.92. The van der Waals surface area contributed by atoms with Gasteiger partial charge in [-0.2, -0.15) is 0 Å². The molecule has 0 spiro atoms. The number of ether oxygens (including phenoxy) is 1. The summed E-state index contributed by atoms with van der Waals surface area (Å²) in [5.41, 5.74) is 0. The largest absolute Gasteiger partial charge is 0.481 e. The van der Waals surface area contributed by atoms with E-state index in [0.29, 0.717) is 0 Å². The van der Waals surface area contributed by atoms with Crippen molar-refractivity contribution < 1.29 is 19.4 Å². The third kappa shape index (κ3) is 4.25. The molecule has 2 fully saturated rings. The SMILES string of the molecule is CCCCCN(CCCCC)C(=O)[C@@H]1[C@@H](C(=O)O)[C@@H]2CC[C@@H]1O2. The zero-order valence-electron chi connectivity index (χ0n) is 14.5. The van der Waals surface area contributed by atoms with Crippen molar-refractivity contribution in [1.82, 2.24) is 4.90 Å². The monoisotopic (exact) mass is 325 g/mol. The van der Waals surface area contributed by atoms with E-state index in [1.807, 2.05) is 4.90 Å². The lowest BCUT2D eigenvalue weighted by Gasteiger charge is -2.31. The van der Waals surface area contributed by atoms with Crippen LogP contribution in [0.25, 0.3) is 0 Å². The van der Waals surface area contributed by atoms with Gasteiger partial charge in [-0.3, -0.25) is 9.59 Å². The number of hydrogen-bond acceptors (Lipinski definition) is 3. The average molecular weight is 325 g/mol. The van der Waals surface area contributed by atoms with Crippen molar-refractivity contribution in [1.29, 1.82) is 0 Å². The number of aliphatic carboxylic acids is 1. The molecule has 5 heteroatoms. The summed E-state index contributed by atoms with van der Waals surface area (Å²) < 4.78 is 5.75. The van der Waals surface area contributed by atoms with Crippen LogP contribution in [-0.2, 0) is 14.3 Å². The molecule has 0 radical (unpaired) electrons. The molecule has 5 nitrogen and oxygen atoms in total. The van der Waals surface area contributed by atoms with Gasteiger partial charge in [0.15, 0.2) is 0 Å². The van der Waals surface area contributed by atoms with Crippen LogP contribution in [0.1, 0.15) is 65.2 Å². The average Bonchev–Trinajstić information content (AvgIpc) is 3.14. The first-order chi connectivity index (χ1) is 11.1. The summed E-state index contributed by atoms with van der Waals surface area (Å²) in [4.78, 5) is 26.5. The summed E-state index contributed by atoms with van der Waals surface area (Å²) in [5.74, 6) is -2.00. The van der Waals surface area contributed by atoms with E-state index in [1.165, 1.54) is 0 Å². The van der Waals surface area contributed by atoms with Gasteiger partial charge in [-0.05, 0) is 25.7 Å². The maximum absolute atomic E-state index is 13.0. The molecule has 0 aromatic rings. The molecular formula is C18H31NO4. The fraction of sp³-hybridized carbons (Fsp3) is 0.889. The molecule has 23 heavy (non-hydrogen) atoms. The van der Waals surface area contributed by atoms with E-state index in [2.05, 4.69) is 13.8 Å². The molecule has 2 heterocycles. The number of hydrogen-bond donors (Lipinski definition) is 1. The molecule has 2 bridgehead atoms. The number of fused-ring (bicyclic) bond motifs is 2. The number of amides is 1. The Labute approximate surface area is 139 Å². The maximum Gasteiger partial charge on any atom is 0.310 e. The summed E-state index contributed by atoms with van der Waals surface area (Å²) in [7, 11) is 0. The molecule has 2 rings (SSSR count). The van der Waals surface area contributed by atoms with Crippen LogP contribution >= 0.6 is 0 Å². The molecule has 0 saturated carbocycles. The molecule has 2 aliphatic heterocycles. The highest BCUT2D eigenvalue weighted by Crippen LogP contribution is 2.44. The Kier molecular flexibility index (Phi) is 6.88. The van der Waals surface area contributed by atoms with E-state index < -0.39 is 17.8 Å². The minimum atomic E-state index is -0.877. The van der Waals surface area contributed by atoms with Gasteiger partial charge in [-0.15, -0.1) is 0 Å². The zero-order chi connectivity index (χ0) is 16.8.